The van der Waals surface area contributed by atoms with Crippen molar-refractivity contribution in [2.75, 3.05) is 38.2 Å². The monoisotopic (exact) mass is 318 g/mol. The van der Waals surface area contributed by atoms with Gasteiger partial charge < -0.3 is 15.0 Å². The highest BCUT2D eigenvalue weighted by atomic mass is 32.2. The van der Waals surface area contributed by atoms with E-state index in [2.05, 4.69) is 5.32 Å². The van der Waals surface area contributed by atoms with Crippen LogP contribution in [0.2, 0.25) is 0 Å². The van der Waals surface area contributed by atoms with Crippen molar-refractivity contribution in [3.05, 3.63) is 0 Å². The lowest BCUT2D eigenvalue weighted by molar-refractivity contribution is 0.0219. The maximum Gasteiger partial charge on any atom is 0.317 e. The molecule has 2 rings (SSSR count). The third-order valence-corrected chi connectivity index (χ3v) is 5.41. The molecule has 2 aliphatic rings. The zero-order valence-corrected chi connectivity index (χ0v) is 13.7. The lowest BCUT2D eigenvalue weighted by Crippen LogP contribution is -2.47. The number of hydrogen-bond donors (Lipinski definition) is 1. The van der Waals surface area contributed by atoms with Crippen molar-refractivity contribution < 1.29 is 17.9 Å². The molecule has 0 unspecified atom stereocenters. The summed E-state index contributed by atoms with van der Waals surface area (Å²) in [6.07, 6.45) is 5.03. The second-order valence-corrected chi connectivity index (χ2v) is 8.51. The van der Waals surface area contributed by atoms with Crippen LogP contribution in [0, 0.1) is 5.41 Å². The molecule has 1 N–H and O–H groups in total. The normalized spacial score (nSPS) is 22.1. The van der Waals surface area contributed by atoms with Gasteiger partial charge in [0.1, 0.15) is 9.84 Å². The lowest BCUT2D eigenvalue weighted by Gasteiger charge is -2.32. The summed E-state index contributed by atoms with van der Waals surface area (Å²) in [5.41, 5.74) is -0.215. The number of hydrogen-bond acceptors (Lipinski definition) is 4. The summed E-state index contributed by atoms with van der Waals surface area (Å²) in [6.45, 7) is 4.57. The Morgan fingerprint density at radius 3 is 2.43 bits per heavy atom. The molecule has 0 aromatic heterocycles. The van der Waals surface area contributed by atoms with E-state index in [9.17, 15) is 13.2 Å². The number of nitrogens with zero attached hydrogens (tertiary/aromatic N) is 1. The Morgan fingerprint density at radius 2 is 1.95 bits per heavy atom. The average Bonchev–Trinajstić information content (AvgIpc) is 3.15. The van der Waals surface area contributed by atoms with E-state index in [1.165, 1.54) is 6.26 Å². The number of sulfone groups is 1. The van der Waals surface area contributed by atoms with E-state index in [0.717, 1.165) is 25.7 Å². The maximum absolute atomic E-state index is 12.1. The Balaban J connectivity index is 1.73. The number of likely N-dealkylation sites (tertiary alicyclic amines) is 1. The zero-order valence-electron chi connectivity index (χ0n) is 12.9. The first-order valence-corrected chi connectivity index (χ1v) is 9.72. The maximum atomic E-state index is 12.1. The fraction of sp³-hybridized carbons (Fsp3) is 0.929. The van der Waals surface area contributed by atoms with Crippen LogP contribution in [0.25, 0.3) is 0 Å². The Kier molecular flexibility index (Phi) is 5.14. The summed E-state index contributed by atoms with van der Waals surface area (Å²) < 4.78 is 28.4. The minimum Gasteiger partial charge on any atom is -0.378 e. The van der Waals surface area contributed by atoms with Gasteiger partial charge in [0.2, 0.25) is 0 Å². The summed E-state index contributed by atoms with van der Waals surface area (Å²) in [6, 6.07) is -0.0790. The molecule has 7 heteroatoms. The van der Waals surface area contributed by atoms with E-state index in [4.69, 9.17) is 4.74 Å². The third-order valence-electron chi connectivity index (χ3n) is 4.27. The van der Waals surface area contributed by atoms with Gasteiger partial charge in [0.25, 0.3) is 0 Å². The summed E-state index contributed by atoms with van der Waals surface area (Å²) >= 11 is 0. The quantitative estimate of drug-likeness (QED) is 0.793. The van der Waals surface area contributed by atoms with Gasteiger partial charge in [-0.3, -0.25) is 0 Å². The molecule has 2 fully saturated rings. The molecule has 6 nitrogen and oxygen atoms in total. The van der Waals surface area contributed by atoms with Crippen LogP contribution in [0.15, 0.2) is 0 Å². The zero-order chi connectivity index (χ0) is 15.5. The number of carbonyl (C=O) groups excluding carboxylic acids is 1. The highest BCUT2D eigenvalue weighted by Gasteiger charge is 2.45. The van der Waals surface area contributed by atoms with E-state index >= 15 is 0 Å². The van der Waals surface area contributed by atoms with Crippen LogP contribution < -0.4 is 5.32 Å². The van der Waals surface area contributed by atoms with Crippen molar-refractivity contribution >= 4 is 15.9 Å². The van der Waals surface area contributed by atoms with E-state index in [0.29, 0.717) is 26.2 Å². The van der Waals surface area contributed by atoms with Gasteiger partial charge in [0.05, 0.1) is 11.9 Å². The Bertz CT molecular complexity index is 465. The molecule has 122 valence electrons. The summed E-state index contributed by atoms with van der Waals surface area (Å²) in [4.78, 5) is 13.9. The van der Waals surface area contributed by atoms with Gasteiger partial charge in [-0.25, -0.2) is 13.2 Å². The van der Waals surface area contributed by atoms with E-state index in [1.807, 2.05) is 6.92 Å². The summed E-state index contributed by atoms with van der Waals surface area (Å²) in [5, 5.41) is 2.91. The molecule has 1 saturated heterocycles. The van der Waals surface area contributed by atoms with Crippen molar-refractivity contribution in [3.63, 3.8) is 0 Å². The third kappa shape index (κ3) is 5.14. The molecule has 0 atom stereocenters. The summed E-state index contributed by atoms with van der Waals surface area (Å²) in [5.74, 6) is 0.173. The molecule has 1 aliphatic heterocycles. The highest BCUT2D eigenvalue weighted by Crippen LogP contribution is 2.46. The molecule has 1 heterocycles. The van der Waals surface area contributed by atoms with Gasteiger partial charge in [0.15, 0.2) is 0 Å². The number of piperidine rings is 1. The first-order valence-electron chi connectivity index (χ1n) is 7.66. The van der Waals surface area contributed by atoms with Crippen LogP contribution in [0.4, 0.5) is 4.79 Å². The standard InChI is InChI=1S/C14H26N2O4S/c1-3-20-12-4-8-16(9-5-12)13(17)15-10-14(6-7-14)11-21(2,18)19/h12H,3-11H2,1-2H3,(H,15,17). The van der Waals surface area contributed by atoms with E-state index < -0.39 is 9.84 Å². The number of urea groups is 1. The summed E-state index contributed by atoms with van der Waals surface area (Å²) in [7, 11) is -2.99. The number of amides is 2. The highest BCUT2D eigenvalue weighted by molar-refractivity contribution is 7.90. The molecule has 0 aromatic carbocycles. The second kappa shape index (κ2) is 6.52. The fourth-order valence-electron chi connectivity index (χ4n) is 2.94. The van der Waals surface area contributed by atoms with Crippen molar-refractivity contribution in [2.24, 2.45) is 5.41 Å². The molecular weight excluding hydrogens is 292 g/mol. The van der Waals surface area contributed by atoms with Crippen LogP contribution in [0.1, 0.15) is 32.6 Å². The largest absolute Gasteiger partial charge is 0.378 e. The minimum atomic E-state index is -2.99. The smallest absolute Gasteiger partial charge is 0.317 e. The topological polar surface area (TPSA) is 75.7 Å². The molecule has 21 heavy (non-hydrogen) atoms. The van der Waals surface area contributed by atoms with Gasteiger partial charge in [0, 0.05) is 37.9 Å². The molecule has 0 aromatic rings. The number of ether oxygens (including phenoxy) is 1. The van der Waals surface area contributed by atoms with E-state index in [-0.39, 0.29) is 23.3 Å². The van der Waals surface area contributed by atoms with Crippen LogP contribution in [-0.4, -0.2) is 63.7 Å². The predicted molar refractivity (Wildman–Crippen MR) is 81.0 cm³/mol. The first-order chi connectivity index (χ1) is 9.84. The Hall–Kier alpha value is -0.820. The van der Waals surface area contributed by atoms with Crippen molar-refractivity contribution in [1.82, 2.24) is 10.2 Å². The first kappa shape index (κ1) is 16.5. The minimum absolute atomic E-state index is 0.0790. The fourth-order valence-corrected chi connectivity index (χ4v) is 4.44. The van der Waals surface area contributed by atoms with Crippen molar-refractivity contribution in [3.8, 4) is 0 Å². The number of rotatable bonds is 6. The molecule has 0 spiro atoms. The van der Waals surface area contributed by atoms with Crippen LogP contribution in [0.5, 0.6) is 0 Å². The molecule has 1 saturated carbocycles. The average molecular weight is 318 g/mol. The molecule has 2 amide bonds. The molecule has 1 aliphatic carbocycles. The van der Waals surface area contributed by atoms with Crippen LogP contribution >= 0.6 is 0 Å². The molecular formula is C14H26N2O4S. The van der Waals surface area contributed by atoms with Gasteiger partial charge in [-0.1, -0.05) is 0 Å². The second-order valence-electron chi connectivity index (χ2n) is 6.37. The Morgan fingerprint density at radius 1 is 1.33 bits per heavy atom. The van der Waals surface area contributed by atoms with E-state index in [1.54, 1.807) is 4.90 Å². The SMILES string of the molecule is CCOC1CCN(C(=O)NCC2(CS(C)(=O)=O)CC2)CC1. The number of carbonyl (C=O) groups is 1. The lowest BCUT2D eigenvalue weighted by atomic mass is 10.1. The molecule has 0 radical (unpaired) electrons. The van der Waals surface area contributed by atoms with Crippen LogP contribution in [-0.2, 0) is 14.6 Å². The van der Waals surface area contributed by atoms with Crippen molar-refractivity contribution in [2.45, 2.75) is 38.7 Å². The Labute approximate surface area is 127 Å². The van der Waals surface area contributed by atoms with Gasteiger partial charge >= 0.3 is 6.03 Å². The van der Waals surface area contributed by atoms with Crippen LogP contribution in [0.3, 0.4) is 0 Å². The van der Waals surface area contributed by atoms with Gasteiger partial charge in [-0.2, -0.15) is 0 Å². The predicted octanol–water partition coefficient (Wildman–Crippen LogP) is 1.02. The van der Waals surface area contributed by atoms with Gasteiger partial charge in [-0.15, -0.1) is 0 Å². The molecule has 0 bridgehead atoms. The van der Waals surface area contributed by atoms with Gasteiger partial charge in [-0.05, 0) is 32.6 Å². The number of nitrogens with one attached hydrogen (secondary N) is 1. The van der Waals surface area contributed by atoms with Crippen molar-refractivity contribution in [1.29, 1.82) is 0 Å².